The molecule has 0 radical (unpaired) electrons. The van der Waals surface area contributed by atoms with Gasteiger partial charge in [-0.2, -0.15) is 0 Å². The van der Waals surface area contributed by atoms with Gasteiger partial charge in [0.2, 0.25) is 0 Å². The molecular formula is C31H31NO2. The fourth-order valence-corrected chi connectivity index (χ4v) is 6.52. The topological polar surface area (TPSA) is 46.2 Å². The number of dihydropyridines is 1. The predicted molar refractivity (Wildman–Crippen MR) is 137 cm³/mol. The fourth-order valence-electron chi connectivity index (χ4n) is 6.52. The lowest BCUT2D eigenvalue weighted by Crippen LogP contribution is -2.42. The lowest BCUT2D eigenvalue weighted by atomic mass is 9.64. The Balaban J connectivity index is 1.68. The number of Topliss-reactive ketones (excluding diaryl/α,β-unsaturated/α-hetero) is 2. The number of benzene rings is 3. The highest BCUT2D eigenvalue weighted by molar-refractivity contribution is 6.12. The third-order valence-electron chi connectivity index (χ3n) is 7.83. The van der Waals surface area contributed by atoms with Crippen LogP contribution in [0.15, 0.2) is 77.1 Å². The molecule has 3 aromatic rings. The number of rotatable bonds is 1. The SMILES string of the molecule is CC1(C)CC(=O)C2=C(C1)NC1=C(C(=O)CC(C)(C)C1)C2c1cc2ccccc2c2ccccc12. The molecule has 0 amide bonds. The molecule has 34 heavy (non-hydrogen) atoms. The molecule has 0 spiro atoms. The standard InChI is InChI=1S/C31H31NO2/c1-30(2)14-23-28(25(33)16-30)27(29-24(32-23)15-31(3,4)17-26(29)34)22-13-18-9-5-6-10-19(18)20-11-7-8-12-21(20)22/h5-13,27,32H,14-17H2,1-4H3. The van der Waals surface area contributed by atoms with Crippen LogP contribution in [-0.2, 0) is 9.59 Å². The second-order valence-electron chi connectivity index (χ2n) is 12.0. The van der Waals surface area contributed by atoms with Gasteiger partial charge < -0.3 is 5.32 Å². The molecule has 0 atom stereocenters. The maximum Gasteiger partial charge on any atom is 0.162 e. The molecule has 0 unspecified atom stereocenters. The van der Waals surface area contributed by atoms with Crippen molar-refractivity contribution < 1.29 is 9.59 Å². The van der Waals surface area contributed by atoms with E-state index in [2.05, 4.69) is 87.6 Å². The highest BCUT2D eigenvalue weighted by Crippen LogP contribution is 2.52. The van der Waals surface area contributed by atoms with E-state index in [4.69, 9.17) is 0 Å². The van der Waals surface area contributed by atoms with E-state index in [0.29, 0.717) is 12.8 Å². The Labute approximate surface area is 200 Å². The smallest absolute Gasteiger partial charge is 0.162 e. The van der Waals surface area contributed by atoms with Crippen LogP contribution in [0.5, 0.6) is 0 Å². The largest absolute Gasteiger partial charge is 0.362 e. The van der Waals surface area contributed by atoms with Gasteiger partial charge in [0, 0.05) is 41.3 Å². The highest BCUT2D eigenvalue weighted by atomic mass is 16.1. The minimum absolute atomic E-state index is 0.0921. The molecule has 0 saturated carbocycles. The van der Waals surface area contributed by atoms with Crippen LogP contribution in [0.1, 0.15) is 64.9 Å². The van der Waals surface area contributed by atoms with Gasteiger partial charge in [-0.15, -0.1) is 0 Å². The Morgan fingerprint density at radius 1 is 0.676 bits per heavy atom. The number of ketones is 2. The van der Waals surface area contributed by atoms with Crippen molar-refractivity contribution in [2.24, 2.45) is 10.8 Å². The molecule has 3 nitrogen and oxygen atoms in total. The molecule has 172 valence electrons. The first-order chi connectivity index (χ1) is 16.1. The summed E-state index contributed by atoms with van der Waals surface area (Å²) in [7, 11) is 0. The number of nitrogens with one attached hydrogen (secondary N) is 1. The Morgan fingerprint density at radius 3 is 1.76 bits per heavy atom. The molecule has 3 heteroatoms. The monoisotopic (exact) mass is 449 g/mol. The van der Waals surface area contributed by atoms with E-state index < -0.39 is 0 Å². The van der Waals surface area contributed by atoms with Gasteiger partial charge in [-0.3, -0.25) is 9.59 Å². The molecule has 2 aliphatic carbocycles. The zero-order valence-corrected chi connectivity index (χ0v) is 20.4. The normalized spacial score (nSPS) is 22.1. The summed E-state index contributed by atoms with van der Waals surface area (Å²) in [5.74, 6) is 0.0308. The van der Waals surface area contributed by atoms with Crippen molar-refractivity contribution in [1.29, 1.82) is 0 Å². The molecule has 3 aliphatic rings. The number of carbonyl (C=O) groups is 2. The number of allylic oxidation sites excluding steroid dienone is 4. The lowest BCUT2D eigenvalue weighted by molar-refractivity contribution is -0.119. The molecule has 0 saturated heterocycles. The first-order valence-electron chi connectivity index (χ1n) is 12.3. The van der Waals surface area contributed by atoms with Gasteiger partial charge in [0.1, 0.15) is 0 Å². The first-order valence-corrected chi connectivity index (χ1v) is 12.3. The highest BCUT2D eigenvalue weighted by Gasteiger charge is 2.46. The summed E-state index contributed by atoms with van der Waals surface area (Å²) in [6.45, 7) is 8.65. The van der Waals surface area contributed by atoms with Gasteiger partial charge in [0.25, 0.3) is 0 Å². The Hall–Kier alpha value is -3.20. The molecular weight excluding hydrogens is 418 g/mol. The summed E-state index contributed by atoms with van der Waals surface area (Å²) >= 11 is 0. The lowest BCUT2D eigenvalue weighted by Gasteiger charge is -2.44. The second-order valence-corrected chi connectivity index (χ2v) is 12.0. The minimum Gasteiger partial charge on any atom is -0.362 e. The van der Waals surface area contributed by atoms with Gasteiger partial charge in [-0.1, -0.05) is 76.2 Å². The van der Waals surface area contributed by atoms with Crippen LogP contribution in [0.25, 0.3) is 21.5 Å². The maximum atomic E-state index is 13.7. The summed E-state index contributed by atoms with van der Waals surface area (Å²) in [6, 6.07) is 19.1. The van der Waals surface area contributed by atoms with Crippen molar-refractivity contribution in [3.63, 3.8) is 0 Å². The van der Waals surface area contributed by atoms with Crippen molar-refractivity contribution in [3.8, 4) is 0 Å². The number of carbonyl (C=O) groups excluding carboxylic acids is 2. The molecule has 1 heterocycles. The van der Waals surface area contributed by atoms with Crippen LogP contribution in [0.3, 0.4) is 0 Å². The van der Waals surface area contributed by atoms with Crippen molar-refractivity contribution in [3.05, 3.63) is 82.7 Å². The zero-order chi connectivity index (χ0) is 23.8. The Morgan fingerprint density at radius 2 is 1.18 bits per heavy atom. The molecule has 0 aromatic heterocycles. The maximum absolute atomic E-state index is 13.7. The molecule has 3 aromatic carbocycles. The third kappa shape index (κ3) is 3.25. The quantitative estimate of drug-likeness (QED) is 0.408. The van der Waals surface area contributed by atoms with E-state index in [1.165, 1.54) is 10.8 Å². The van der Waals surface area contributed by atoms with Crippen molar-refractivity contribution >= 4 is 33.1 Å². The minimum atomic E-state index is -0.312. The fraction of sp³-hybridized carbons (Fsp3) is 0.355. The Bertz CT molecular complexity index is 1420. The number of hydrogen-bond acceptors (Lipinski definition) is 3. The predicted octanol–water partition coefficient (Wildman–Crippen LogP) is 6.97. The van der Waals surface area contributed by atoms with E-state index in [0.717, 1.165) is 51.7 Å². The average Bonchev–Trinajstić information content (AvgIpc) is 2.75. The Kier molecular flexibility index (Phi) is 4.49. The van der Waals surface area contributed by atoms with Crippen LogP contribution in [0.2, 0.25) is 0 Å². The molecule has 1 aliphatic heterocycles. The van der Waals surface area contributed by atoms with E-state index in [-0.39, 0.29) is 28.3 Å². The average molecular weight is 450 g/mol. The van der Waals surface area contributed by atoms with Crippen LogP contribution in [-0.4, -0.2) is 11.6 Å². The third-order valence-corrected chi connectivity index (χ3v) is 7.83. The number of fused-ring (bicyclic) bond motifs is 3. The van der Waals surface area contributed by atoms with Crippen molar-refractivity contribution in [2.45, 2.75) is 59.3 Å². The summed E-state index contributed by atoms with van der Waals surface area (Å²) in [4.78, 5) is 27.4. The molecule has 6 rings (SSSR count). The van der Waals surface area contributed by atoms with Crippen LogP contribution < -0.4 is 5.32 Å². The van der Waals surface area contributed by atoms with Gasteiger partial charge in [0.15, 0.2) is 11.6 Å². The summed E-state index contributed by atoms with van der Waals surface area (Å²) in [5, 5.41) is 8.28. The molecule has 0 fully saturated rings. The van der Waals surface area contributed by atoms with Gasteiger partial charge >= 0.3 is 0 Å². The summed E-state index contributed by atoms with van der Waals surface area (Å²) < 4.78 is 0. The van der Waals surface area contributed by atoms with Gasteiger partial charge in [-0.25, -0.2) is 0 Å². The first kappa shape index (κ1) is 21.3. The van der Waals surface area contributed by atoms with E-state index in [9.17, 15) is 9.59 Å². The summed E-state index contributed by atoms with van der Waals surface area (Å²) in [5.41, 5.74) is 4.56. The van der Waals surface area contributed by atoms with Crippen molar-refractivity contribution in [1.82, 2.24) is 5.32 Å². The summed E-state index contributed by atoms with van der Waals surface area (Å²) in [6.07, 6.45) is 2.67. The number of hydrogen-bond donors (Lipinski definition) is 1. The second kappa shape index (κ2) is 7.15. The van der Waals surface area contributed by atoms with E-state index >= 15 is 0 Å². The molecule has 0 bridgehead atoms. The van der Waals surface area contributed by atoms with E-state index in [1.807, 2.05) is 0 Å². The van der Waals surface area contributed by atoms with Crippen molar-refractivity contribution in [2.75, 3.05) is 0 Å². The van der Waals surface area contributed by atoms with Crippen LogP contribution in [0, 0.1) is 10.8 Å². The van der Waals surface area contributed by atoms with E-state index in [1.54, 1.807) is 0 Å². The van der Waals surface area contributed by atoms with Crippen LogP contribution >= 0.6 is 0 Å². The van der Waals surface area contributed by atoms with Gasteiger partial charge in [0.05, 0.1) is 0 Å². The zero-order valence-electron chi connectivity index (χ0n) is 20.4. The van der Waals surface area contributed by atoms with Gasteiger partial charge in [-0.05, 0) is 56.8 Å². The van der Waals surface area contributed by atoms with Crippen LogP contribution in [0.4, 0.5) is 0 Å². The molecule has 1 N–H and O–H groups in total.